The van der Waals surface area contributed by atoms with Gasteiger partial charge in [-0.3, -0.25) is 4.79 Å². The van der Waals surface area contributed by atoms with Crippen molar-refractivity contribution in [3.63, 3.8) is 0 Å². The summed E-state index contributed by atoms with van der Waals surface area (Å²) >= 11 is 0. The Morgan fingerprint density at radius 1 is 0.735 bits per heavy atom. The third-order valence-electron chi connectivity index (χ3n) is 5.58. The highest BCUT2D eigenvalue weighted by atomic mass is 16.3. The molecule has 6 nitrogen and oxygen atoms in total. The number of amides is 1. The van der Waals surface area contributed by atoms with Gasteiger partial charge in [-0.25, -0.2) is 5.43 Å². The largest absolute Gasteiger partial charge is 0.507 e. The van der Waals surface area contributed by atoms with Crippen molar-refractivity contribution in [3.05, 3.63) is 88.5 Å². The molecule has 0 radical (unpaired) electrons. The number of hydrogen-bond acceptors (Lipinski definition) is 5. The molecule has 6 heteroatoms. The molecule has 0 aliphatic rings. The summed E-state index contributed by atoms with van der Waals surface area (Å²) in [4.78, 5) is 13.2. The van der Waals surface area contributed by atoms with E-state index in [0.29, 0.717) is 27.8 Å². The molecule has 0 unspecified atom stereocenters. The van der Waals surface area contributed by atoms with Crippen molar-refractivity contribution in [3.8, 4) is 17.2 Å². The maximum Gasteiger partial charge on any atom is 0.271 e. The number of hydrazone groups is 1. The number of phenolic OH excluding ortho intramolecular Hbond substituents is 3. The lowest BCUT2D eigenvalue weighted by molar-refractivity contribution is 0.0954. The lowest BCUT2D eigenvalue weighted by atomic mass is 9.78. The molecule has 0 aliphatic heterocycles. The number of nitrogens with one attached hydrogen (secondary N) is 1. The Labute approximate surface area is 200 Å². The van der Waals surface area contributed by atoms with E-state index in [1.54, 1.807) is 48.5 Å². The van der Waals surface area contributed by atoms with Gasteiger partial charge in [-0.05, 0) is 47.2 Å². The van der Waals surface area contributed by atoms with Crippen LogP contribution in [0.15, 0.2) is 65.8 Å². The standard InChI is InChI=1S/C28H32N2O4/c1-27(2,3)20-15-17(16-21(25(20)33)28(4,5)6)26(34)30-29-24(18-11-7-9-13-22(18)31)19-12-8-10-14-23(19)32/h7-16,31-33H,1-6H3,(H,30,34). The Morgan fingerprint density at radius 2 is 1.15 bits per heavy atom. The quantitative estimate of drug-likeness (QED) is 0.301. The maximum atomic E-state index is 13.2. The first-order valence-corrected chi connectivity index (χ1v) is 11.1. The molecule has 34 heavy (non-hydrogen) atoms. The number of phenols is 3. The van der Waals surface area contributed by atoms with Crippen molar-refractivity contribution in [2.24, 2.45) is 5.10 Å². The number of nitrogens with zero attached hydrogens (tertiary/aromatic N) is 1. The fourth-order valence-electron chi connectivity index (χ4n) is 3.69. The van der Waals surface area contributed by atoms with Gasteiger partial charge >= 0.3 is 0 Å². The Kier molecular flexibility index (Phi) is 6.73. The van der Waals surface area contributed by atoms with Crippen molar-refractivity contribution in [2.45, 2.75) is 52.4 Å². The number of carbonyl (C=O) groups is 1. The van der Waals surface area contributed by atoms with Gasteiger partial charge < -0.3 is 15.3 Å². The predicted molar refractivity (Wildman–Crippen MR) is 135 cm³/mol. The second-order valence-corrected chi connectivity index (χ2v) is 10.4. The molecule has 0 saturated carbocycles. The summed E-state index contributed by atoms with van der Waals surface area (Å²) in [6.45, 7) is 11.8. The van der Waals surface area contributed by atoms with Gasteiger partial charge in [-0.2, -0.15) is 5.10 Å². The summed E-state index contributed by atoms with van der Waals surface area (Å²) in [6, 6.07) is 16.5. The zero-order valence-electron chi connectivity index (χ0n) is 20.5. The van der Waals surface area contributed by atoms with Crippen molar-refractivity contribution >= 4 is 11.6 Å². The van der Waals surface area contributed by atoms with Crippen LogP contribution < -0.4 is 5.43 Å². The molecule has 0 aromatic heterocycles. The Bertz CT molecular complexity index is 1170. The number of rotatable bonds is 4. The second-order valence-electron chi connectivity index (χ2n) is 10.4. The molecule has 178 valence electrons. The lowest BCUT2D eigenvalue weighted by Crippen LogP contribution is -2.24. The SMILES string of the molecule is CC(C)(C)c1cc(C(=O)NN=C(c2ccccc2O)c2ccccc2O)cc(C(C)(C)C)c1O. The van der Waals surface area contributed by atoms with Crippen molar-refractivity contribution < 1.29 is 20.1 Å². The second kappa shape index (κ2) is 9.21. The molecule has 0 heterocycles. The molecule has 0 fully saturated rings. The van der Waals surface area contributed by atoms with Crippen LogP contribution in [0, 0.1) is 0 Å². The molecular formula is C28H32N2O4. The average Bonchev–Trinajstić information content (AvgIpc) is 2.74. The summed E-state index contributed by atoms with van der Waals surface area (Å²) in [6.07, 6.45) is 0. The minimum atomic E-state index is -0.473. The number of para-hydroxylation sites is 2. The first-order chi connectivity index (χ1) is 15.8. The lowest BCUT2D eigenvalue weighted by Gasteiger charge is -2.28. The molecule has 0 aliphatic carbocycles. The van der Waals surface area contributed by atoms with Gasteiger partial charge in [0.15, 0.2) is 0 Å². The van der Waals surface area contributed by atoms with Gasteiger partial charge in [0.2, 0.25) is 0 Å². The van der Waals surface area contributed by atoms with Crippen molar-refractivity contribution in [1.29, 1.82) is 0 Å². The van der Waals surface area contributed by atoms with Crippen LogP contribution in [0.3, 0.4) is 0 Å². The fraction of sp³-hybridized carbons (Fsp3) is 0.286. The molecule has 3 rings (SSSR count). The molecule has 1 amide bonds. The van der Waals surface area contributed by atoms with Gasteiger partial charge in [0.1, 0.15) is 23.0 Å². The molecular weight excluding hydrogens is 428 g/mol. The number of hydrogen-bond donors (Lipinski definition) is 4. The zero-order chi connectivity index (χ0) is 25.3. The van der Waals surface area contributed by atoms with E-state index in [-0.39, 0.29) is 33.8 Å². The van der Waals surface area contributed by atoms with Crippen LogP contribution >= 0.6 is 0 Å². The maximum absolute atomic E-state index is 13.2. The van der Waals surface area contributed by atoms with Crippen LogP contribution in [0.2, 0.25) is 0 Å². The van der Waals surface area contributed by atoms with Gasteiger partial charge in [0.25, 0.3) is 5.91 Å². The van der Waals surface area contributed by atoms with Crippen LogP contribution in [0.4, 0.5) is 0 Å². The van der Waals surface area contributed by atoms with Crippen LogP contribution in [-0.4, -0.2) is 26.9 Å². The number of carbonyl (C=O) groups excluding carboxylic acids is 1. The highest BCUT2D eigenvalue weighted by molar-refractivity contribution is 6.16. The molecule has 3 aromatic rings. The van der Waals surface area contributed by atoms with E-state index in [9.17, 15) is 20.1 Å². The molecule has 0 saturated heterocycles. The Morgan fingerprint density at radius 3 is 1.53 bits per heavy atom. The van der Waals surface area contributed by atoms with Gasteiger partial charge in [-0.15, -0.1) is 0 Å². The van der Waals surface area contributed by atoms with E-state index in [2.05, 4.69) is 10.5 Å². The van der Waals surface area contributed by atoms with Crippen molar-refractivity contribution in [2.75, 3.05) is 0 Å². The minimum absolute atomic E-state index is 0.0339. The summed E-state index contributed by atoms with van der Waals surface area (Å²) < 4.78 is 0. The summed E-state index contributed by atoms with van der Waals surface area (Å²) in [5.41, 5.74) is 4.41. The highest BCUT2D eigenvalue weighted by Gasteiger charge is 2.28. The number of aromatic hydroxyl groups is 3. The first kappa shape index (κ1) is 24.8. The third kappa shape index (κ3) is 5.22. The summed E-state index contributed by atoms with van der Waals surface area (Å²) in [5.74, 6) is -0.356. The molecule has 0 bridgehead atoms. The van der Waals surface area contributed by atoms with E-state index >= 15 is 0 Å². The molecule has 3 aromatic carbocycles. The van der Waals surface area contributed by atoms with Crippen LogP contribution in [0.25, 0.3) is 0 Å². The van der Waals surface area contributed by atoms with Crippen molar-refractivity contribution in [1.82, 2.24) is 5.43 Å². The smallest absolute Gasteiger partial charge is 0.271 e. The molecule has 0 spiro atoms. The monoisotopic (exact) mass is 460 g/mol. The van der Waals surface area contributed by atoms with Crippen LogP contribution in [-0.2, 0) is 10.8 Å². The zero-order valence-corrected chi connectivity index (χ0v) is 20.5. The number of benzene rings is 3. The van der Waals surface area contributed by atoms with E-state index in [1.165, 1.54) is 12.1 Å². The molecule has 4 N–H and O–H groups in total. The van der Waals surface area contributed by atoms with E-state index in [1.807, 2.05) is 41.5 Å². The highest BCUT2D eigenvalue weighted by Crippen LogP contribution is 2.39. The average molecular weight is 461 g/mol. The van der Waals surface area contributed by atoms with Gasteiger partial charge in [0, 0.05) is 27.8 Å². The Hall–Kier alpha value is -3.80. The van der Waals surface area contributed by atoms with Gasteiger partial charge in [0.05, 0.1) is 0 Å². The molecule has 0 atom stereocenters. The summed E-state index contributed by atoms with van der Waals surface area (Å²) in [5, 5.41) is 36.0. The first-order valence-electron chi connectivity index (χ1n) is 11.1. The minimum Gasteiger partial charge on any atom is -0.507 e. The van der Waals surface area contributed by atoms with E-state index in [0.717, 1.165) is 0 Å². The normalized spacial score (nSPS) is 11.7. The fourth-order valence-corrected chi connectivity index (χ4v) is 3.69. The predicted octanol–water partition coefficient (Wildman–Crippen LogP) is 5.58. The van der Waals surface area contributed by atoms with Crippen LogP contribution in [0.1, 0.15) is 74.2 Å². The topological polar surface area (TPSA) is 102 Å². The third-order valence-corrected chi connectivity index (χ3v) is 5.58. The summed E-state index contributed by atoms with van der Waals surface area (Å²) in [7, 11) is 0. The van der Waals surface area contributed by atoms with E-state index in [4.69, 9.17) is 0 Å². The Balaban J connectivity index is 2.11. The van der Waals surface area contributed by atoms with E-state index < -0.39 is 5.91 Å². The van der Waals surface area contributed by atoms with Crippen LogP contribution in [0.5, 0.6) is 17.2 Å². The van der Waals surface area contributed by atoms with Gasteiger partial charge in [-0.1, -0.05) is 65.8 Å².